The lowest BCUT2D eigenvalue weighted by molar-refractivity contribution is 0.737. The van der Waals surface area contributed by atoms with Gasteiger partial charge in [-0.25, -0.2) is 9.97 Å². The van der Waals surface area contributed by atoms with Gasteiger partial charge < -0.3 is 10.6 Å². The van der Waals surface area contributed by atoms with E-state index >= 15 is 0 Å². The maximum atomic E-state index is 6.16. The minimum Gasteiger partial charge on any atom is -0.359 e. The Morgan fingerprint density at radius 1 is 1.35 bits per heavy atom. The van der Waals surface area contributed by atoms with Crippen LogP contribution in [-0.2, 0) is 0 Å². The van der Waals surface area contributed by atoms with E-state index in [9.17, 15) is 0 Å². The zero-order valence-corrected chi connectivity index (χ0v) is 13.1. The minimum atomic E-state index is 0.112. The highest BCUT2D eigenvalue weighted by molar-refractivity contribution is 7.09. The topological polar surface area (TPSA) is 62.7 Å². The molecule has 2 aromatic heterocycles. The fourth-order valence-electron chi connectivity index (χ4n) is 1.70. The molecule has 0 bridgehead atoms. The van der Waals surface area contributed by atoms with Crippen molar-refractivity contribution in [2.45, 2.75) is 32.7 Å². The van der Waals surface area contributed by atoms with Crippen LogP contribution in [0.25, 0.3) is 0 Å². The summed E-state index contributed by atoms with van der Waals surface area (Å²) < 4.78 is 0. The lowest BCUT2D eigenvalue weighted by Gasteiger charge is -2.16. The summed E-state index contributed by atoms with van der Waals surface area (Å²) in [5.41, 5.74) is 0. The van der Waals surface area contributed by atoms with Crippen LogP contribution in [-0.4, -0.2) is 21.5 Å². The molecule has 0 spiro atoms. The zero-order chi connectivity index (χ0) is 14.4. The second-order valence-corrected chi connectivity index (χ2v) is 5.63. The highest BCUT2D eigenvalue weighted by Crippen LogP contribution is 2.27. The van der Waals surface area contributed by atoms with E-state index in [-0.39, 0.29) is 6.04 Å². The number of nitrogens with zero attached hydrogens (tertiary/aromatic N) is 3. The molecule has 2 heterocycles. The van der Waals surface area contributed by atoms with Crippen LogP contribution in [0.4, 0.5) is 11.8 Å². The van der Waals surface area contributed by atoms with Gasteiger partial charge in [-0.05, 0) is 12.8 Å². The molecule has 0 aliphatic heterocycles. The third kappa shape index (κ3) is 3.80. The van der Waals surface area contributed by atoms with Crippen molar-refractivity contribution in [3.8, 4) is 0 Å². The van der Waals surface area contributed by atoms with Crippen LogP contribution in [0.1, 0.15) is 37.7 Å². The summed E-state index contributed by atoms with van der Waals surface area (Å²) in [5, 5.41) is 10.0. The van der Waals surface area contributed by atoms with Crippen molar-refractivity contribution in [1.82, 2.24) is 15.0 Å². The number of anilines is 2. The second kappa shape index (κ2) is 7.40. The second-order valence-electron chi connectivity index (χ2n) is 4.29. The lowest BCUT2D eigenvalue weighted by atomic mass is 10.2. The molecule has 0 aromatic carbocycles. The van der Waals surface area contributed by atoms with Gasteiger partial charge in [-0.2, -0.15) is 4.98 Å². The number of thiazole rings is 1. The molecule has 0 aliphatic rings. The van der Waals surface area contributed by atoms with Gasteiger partial charge in [-0.1, -0.05) is 25.4 Å². The first-order chi connectivity index (χ1) is 9.74. The Labute approximate surface area is 127 Å². The SMILES string of the molecule is CCCNc1ncc(Cl)c(NC(CC)c2nccs2)n1. The molecule has 0 aliphatic carbocycles. The normalized spacial score (nSPS) is 12.2. The zero-order valence-electron chi connectivity index (χ0n) is 11.6. The standard InChI is InChI=1S/C13H18ClN5S/c1-3-5-16-13-17-8-9(14)11(19-13)18-10(4-2)12-15-6-7-20-12/h6-8,10H,3-5H2,1-2H3,(H2,16,17,18,19). The average Bonchev–Trinajstić information content (AvgIpc) is 2.99. The molecule has 0 amide bonds. The van der Waals surface area contributed by atoms with Crippen LogP contribution in [0.5, 0.6) is 0 Å². The number of nitrogens with one attached hydrogen (secondary N) is 2. The van der Waals surface area contributed by atoms with Gasteiger partial charge in [0.2, 0.25) is 5.95 Å². The molecule has 20 heavy (non-hydrogen) atoms. The molecule has 1 unspecified atom stereocenters. The minimum absolute atomic E-state index is 0.112. The summed E-state index contributed by atoms with van der Waals surface area (Å²) in [5.74, 6) is 1.23. The first-order valence-corrected chi connectivity index (χ1v) is 7.92. The van der Waals surface area contributed by atoms with Crippen LogP contribution in [0, 0.1) is 0 Å². The van der Waals surface area contributed by atoms with E-state index < -0.39 is 0 Å². The summed E-state index contributed by atoms with van der Waals surface area (Å²) in [6.07, 6.45) is 5.35. The van der Waals surface area contributed by atoms with Crippen LogP contribution in [0.2, 0.25) is 5.02 Å². The maximum Gasteiger partial charge on any atom is 0.224 e. The molecule has 1 atom stereocenters. The van der Waals surface area contributed by atoms with E-state index in [0.29, 0.717) is 16.8 Å². The van der Waals surface area contributed by atoms with Crippen LogP contribution in [0.15, 0.2) is 17.8 Å². The lowest BCUT2D eigenvalue weighted by Crippen LogP contribution is -2.12. The molecule has 0 fully saturated rings. The Balaban J connectivity index is 2.14. The third-order valence-corrected chi connectivity index (χ3v) is 3.91. The first kappa shape index (κ1) is 15.0. The van der Waals surface area contributed by atoms with Gasteiger partial charge in [0, 0.05) is 18.1 Å². The van der Waals surface area contributed by atoms with Crippen molar-refractivity contribution in [2.75, 3.05) is 17.2 Å². The predicted molar refractivity (Wildman–Crippen MR) is 84.6 cm³/mol. The monoisotopic (exact) mass is 311 g/mol. The van der Waals surface area contributed by atoms with Crippen molar-refractivity contribution in [1.29, 1.82) is 0 Å². The van der Waals surface area contributed by atoms with Crippen LogP contribution < -0.4 is 10.6 Å². The molecule has 2 aromatic rings. The van der Waals surface area contributed by atoms with Crippen molar-refractivity contribution >= 4 is 34.7 Å². The fraction of sp³-hybridized carbons (Fsp3) is 0.462. The van der Waals surface area contributed by atoms with Gasteiger partial charge in [0.1, 0.15) is 10.0 Å². The maximum absolute atomic E-state index is 6.16. The Kier molecular flexibility index (Phi) is 5.55. The molecular weight excluding hydrogens is 294 g/mol. The van der Waals surface area contributed by atoms with E-state index in [1.165, 1.54) is 0 Å². The predicted octanol–water partition coefficient (Wildman–Crippen LogP) is 3.97. The van der Waals surface area contributed by atoms with Gasteiger partial charge in [-0.15, -0.1) is 11.3 Å². The summed E-state index contributed by atoms with van der Waals surface area (Å²) in [4.78, 5) is 12.9. The molecule has 5 nitrogen and oxygen atoms in total. The Morgan fingerprint density at radius 2 is 2.20 bits per heavy atom. The van der Waals surface area contributed by atoms with E-state index in [1.807, 2.05) is 5.38 Å². The van der Waals surface area contributed by atoms with Gasteiger partial charge in [0.05, 0.1) is 12.2 Å². The quantitative estimate of drug-likeness (QED) is 0.810. The van der Waals surface area contributed by atoms with Crippen molar-refractivity contribution in [3.05, 3.63) is 27.8 Å². The third-order valence-electron chi connectivity index (χ3n) is 2.75. The molecule has 108 valence electrons. The van der Waals surface area contributed by atoms with Crippen molar-refractivity contribution < 1.29 is 0 Å². The van der Waals surface area contributed by atoms with E-state index in [4.69, 9.17) is 11.6 Å². The summed E-state index contributed by atoms with van der Waals surface area (Å²) in [6, 6.07) is 0.112. The molecule has 0 radical (unpaired) electrons. The smallest absolute Gasteiger partial charge is 0.224 e. The molecule has 7 heteroatoms. The van der Waals surface area contributed by atoms with Gasteiger partial charge in [0.25, 0.3) is 0 Å². The van der Waals surface area contributed by atoms with E-state index in [0.717, 1.165) is 24.4 Å². The summed E-state index contributed by atoms with van der Waals surface area (Å²) in [6.45, 7) is 5.03. The molecule has 2 N–H and O–H groups in total. The van der Waals surface area contributed by atoms with Crippen molar-refractivity contribution in [2.24, 2.45) is 0 Å². The molecular formula is C13H18ClN5S. The van der Waals surface area contributed by atoms with Gasteiger partial charge in [0.15, 0.2) is 5.82 Å². The van der Waals surface area contributed by atoms with Crippen LogP contribution >= 0.6 is 22.9 Å². The fourth-order valence-corrected chi connectivity index (χ4v) is 2.62. The number of aromatic nitrogens is 3. The molecule has 2 rings (SSSR count). The Morgan fingerprint density at radius 3 is 2.85 bits per heavy atom. The Bertz CT molecular complexity index is 532. The van der Waals surface area contributed by atoms with E-state index in [1.54, 1.807) is 23.7 Å². The highest BCUT2D eigenvalue weighted by atomic mass is 35.5. The van der Waals surface area contributed by atoms with Gasteiger partial charge in [-0.3, -0.25) is 0 Å². The number of hydrogen-bond acceptors (Lipinski definition) is 6. The summed E-state index contributed by atoms with van der Waals surface area (Å²) >= 11 is 7.78. The number of hydrogen-bond donors (Lipinski definition) is 2. The first-order valence-electron chi connectivity index (χ1n) is 6.67. The van der Waals surface area contributed by atoms with Crippen molar-refractivity contribution in [3.63, 3.8) is 0 Å². The number of rotatable bonds is 7. The van der Waals surface area contributed by atoms with E-state index in [2.05, 4.69) is 39.4 Å². The highest BCUT2D eigenvalue weighted by Gasteiger charge is 2.15. The largest absolute Gasteiger partial charge is 0.359 e. The summed E-state index contributed by atoms with van der Waals surface area (Å²) in [7, 11) is 0. The Hall–Kier alpha value is -1.40. The average molecular weight is 312 g/mol. The molecule has 0 saturated heterocycles. The van der Waals surface area contributed by atoms with Gasteiger partial charge >= 0.3 is 0 Å². The van der Waals surface area contributed by atoms with Crippen LogP contribution in [0.3, 0.4) is 0 Å². The molecule has 0 saturated carbocycles. The number of halogens is 1.